The molecule has 110 valence electrons. The Kier molecular flexibility index (Phi) is 5.33. The molecular formula is C9H8ClF6NO2. The van der Waals surface area contributed by atoms with E-state index in [9.17, 15) is 26.3 Å². The average molecular weight is 312 g/mol. The van der Waals surface area contributed by atoms with Gasteiger partial charge >= 0.3 is 12.5 Å². The van der Waals surface area contributed by atoms with Crippen LogP contribution in [0, 0.1) is 0 Å². The van der Waals surface area contributed by atoms with E-state index in [-0.39, 0.29) is 12.4 Å². The highest BCUT2D eigenvalue weighted by Crippen LogP contribution is 2.37. The van der Waals surface area contributed by atoms with Gasteiger partial charge in [0.15, 0.2) is 0 Å². The first-order valence-electron chi connectivity index (χ1n) is 4.41. The van der Waals surface area contributed by atoms with Crippen LogP contribution in [-0.2, 0) is 0 Å². The van der Waals surface area contributed by atoms with Crippen LogP contribution in [-0.4, -0.2) is 17.6 Å². The minimum Gasteiger partial charge on any atom is -0.508 e. The second kappa shape index (κ2) is 5.74. The van der Waals surface area contributed by atoms with E-state index < -0.39 is 35.6 Å². The van der Waals surface area contributed by atoms with E-state index in [0.717, 1.165) is 0 Å². The maximum atomic E-state index is 12.3. The van der Waals surface area contributed by atoms with Crippen molar-refractivity contribution in [1.82, 2.24) is 0 Å². The molecule has 0 aliphatic heterocycles. The number of hydrogen-bond acceptors (Lipinski definition) is 3. The highest BCUT2D eigenvalue weighted by atomic mass is 35.5. The van der Waals surface area contributed by atoms with Gasteiger partial charge in [0.05, 0.1) is 0 Å². The largest absolute Gasteiger partial charge is 0.573 e. The Bertz CT molecular complexity index is 434. The number of aromatic hydroxyl groups is 1. The Morgan fingerprint density at radius 2 is 1.63 bits per heavy atom. The summed E-state index contributed by atoms with van der Waals surface area (Å²) < 4.78 is 75.9. The number of phenols is 1. The number of halogens is 7. The van der Waals surface area contributed by atoms with Crippen LogP contribution >= 0.6 is 12.4 Å². The molecule has 1 rings (SSSR count). The number of alkyl halides is 6. The smallest absolute Gasteiger partial charge is 0.508 e. The Morgan fingerprint density at radius 1 is 1.11 bits per heavy atom. The number of ether oxygens (including phenoxy) is 1. The molecule has 0 saturated heterocycles. The predicted octanol–water partition coefficient (Wildman–Crippen LogP) is 3.27. The Balaban J connectivity index is 0.00000324. The van der Waals surface area contributed by atoms with E-state index in [2.05, 4.69) is 4.74 Å². The third-order valence-electron chi connectivity index (χ3n) is 1.92. The van der Waals surface area contributed by atoms with Crippen molar-refractivity contribution in [3.8, 4) is 11.5 Å². The van der Waals surface area contributed by atoms with Crippen molar-refractivity contribution in [1.29, 1.82) is 0 Å². The molecule has 0 saturated carbocycles. The van der Waals surface area contributed by atoms with Crippen LogP contribution in [0.2, 0.25) is 0 Å². The molecular weight excluding hydrogens is 304 g/mol. The van der Waals surface area contributed by atoms with E-state index in [4.69, 9.17) is 10.8 Å². The van der Waals surface area contributed by atoms with Crippen LogP contribution in [0.3, 0.4) is 0 Å². The zero-order valence-electron chi connectivity index (χ0n) is 8.92. The first-order chi connectivity index (χ1) is 8.00. The van der Waals surface area contributed by atoms with Gasteiger partial charge in [-0.15, -0.1) is 25.6 Å². The second-order valence-corrected chi connectivity index (χ2v) is 3.29. The third-order valence-corrected chi connectivity index (χ3v) is 1.92. The van der Waals surface area contributed by atoms with Gasteiger partial charge in [-0.3, -0.25) is 0 Å². The van der Waals surface area contributed by atoms with Crippen LogP contribution < -0.4 is 10.5 Å². The van der Waals surface area contributed by atoms with E-state index in [1.165, 1.54) is 0 Å². The third kappa shape index (κ3) is 5.03. The molecule has 0 aromatic heterocycles. The fourth-order valence-corrected chi connectivity index (χ4v) is 1.16. The summed E-state index contributed by atoms with van der Waals surface area (Å²) in [4.78, 5) is 0. The Labute approximate surface area is 109 Å². The molecule has 10 heteroatoms. The fourth-order valence-electron chi connectivity index (χ4n) is 1.16. The topological polar surface area (TPSA) is 55.5 Å². The van der Waals surface area contributed by atoms with Gasteiger partial charge < -0.3 is 15.6 Å². The average Bonchev–Trinajstić information content (AvgIpc) is 2.16. The highest BCUT2D eigenvalue weighted by Gasteiger charge is 2.40. The van der Waals surface area contributed by atoms with Gasteiger partial charge in [0, 0.05) is 5.56 Å². The number of benzene rings is 1. The van der Waals surface area contributed by atoms with Gasteiger partial charge in [-0.05, 0) is 18.2 Å². The van der Waals surface area contributed by atoms with Gasteiger partial charge in [0.2, 0.25) is 0 Å². The fraction of sp³-hybridized carbons (Fsp3) is 0.333. The van der Waals surface area contributed by atoms with Gasteiger partial charge in [0.25, 0.3) is 0 Å². The minimum absolute atomic E-state index is 0. The van der Waals surface area contributed by atoms with Crippen LogP contribution in [0.5, 0.6) is 11.5 Å². The molecule has 1 aromatic carbocycles. The van der Waals surface area contributed by atoms with Crippen LogP contribution in [0.15, 0.2) is 18.2 Å². The van der Waals surface area contributed by atoms with Crippen molar-refractivity contribution in [2.75, 3.05) is 0 Å². The van der Waals surface area contributed by atoms with Crippen LogP contribution in [0.1, 0.15) is 11.6 Å². The van der Waals surface area contributed by atoms with E-state index in [0.29, 0.717) is 18.2 Å². The molecule has 0 spiro atoms. The van der Waals surface area contributed by atoms with Crippen LogP contribution in [0.25, 0.3) is 0 Å². The number of nitrogens with two attached hydrogens (primary N) is 1. The number of phenolic OH excluding ortho intramolecular Hbond substituents is 1. The maximum absolute atomic E-state index is 12.3. The van der Waals surface area contributed by atoms with Crippen LogP contribution in [0.4, 0.5) is 26.3 Å². The molecule has 19 heavy (non-hydrogen) atoms. The zero-order chi connectivity index (χ0) is 14.1. The van der Waals surface area contributed by atoms with E-state index >= 15 is 0 Å². The van der Waals surface area contributed by atoms with E-state index in [1.54, 1.807) is 0 Å². The first-order valence-corrected chi connectivity index (χ1v) is 4.41. The van der Waals surface area contributed by atoms with E-state index in [1.807, 2.05) is 0 Å². The Hall–Kier alpha value is -1.35. The lowest BCUT2D eigenvalue weighted by molar-refractivity contribution is -0.274. The second-order valence-electron chi connectivity index (χ2n) is 3.29. The first kappa shape index (κ1) is 17.6. The molecule has 0 amide bonds. The molecule has 0 unspecified atom stereocenters. The van der Waals surface area contributed by atoms with Crippen molar-refractivity contribution in [2.45, 2.75) is 18.6 Å². The predicted molar refractivity (Wildman–Crippen MR) is 55.0 cm³/mol. The van der Waals surface area contributed by atoms with Gasteiger partial charge in [-0.25, -0.2) is 0 Å². The molecule has 3 nitrogen and oxygen atoms in total. The quantitative estimate of drug-likeness (QED) is 0.824. The molecule has 1 atom stereocenters. The summed E-state index contributed by atoms with van der Waals surface area (Å²) in [6.07, 6.45) is -9.94. The van der Waals surface area contributed by atoms with Crippen molar-refractivity contribution < 1.29 is 36.2 Å². The summed E-state index contributed by atoms with van der Waals surface area (Å²) in [6.45, 7) is 0. The minimum atomic E-state index is -5.05. The highest BCUT2D eigenvalue weighted by molar-refractivity contribution is 5.85. The SMILES string of the molecule is Cl.N[C@@H](c1cc(OC(F)(F)F)ccc1O)C(F)(F)F. The number of hydrogen-bond donors (Lipinski definition) is 2. The standard InChI is InChI=1S/C9H7F6NO2.ClH/c10-8(11,12)7(16)5-3-4(1-2-6(5)17)18-9(13,14)15;/h1-3,7,17H,16H2;1H/t7-;/m0./s1. The number of rotatable bonds is 2. The lowest BCUT2D eigenvalue weighted by Crippen LogP contribution is -2.28. The Morgan fingerprint density at radius 3 is 2.05 bits per heavy atom. The summed E-state index contributed by atoms with van der Waals surface area (Å²) >= 11 is 0. The lowest BCUT2D eigenvalue weighted by Gasteiger charge is -2.18. The monoisotopic (exact) mass is 311 g/mol. The summed E-state index contributed by atoms with van der Waals surface area (Å²) in [5.41, 5.74) is 3.88. The molecule has 0 aliphatic rings. The van der Waals surface area contributed by atoms with Gasteiger partial charge in [0.1, 0.15) is 17.5 Å². The van der Waals surface area contributed by atoms with Crippen molar-refractivity contribution in [2.24, 2.45) is 5.73 Å². The molecule has 0 bridgehead atoms. The summed E-state index contributed by atoms with van der Waals surface area (Å²) in [7, 11) is 0. The van der Waals surface area contributed by atoms with Gasteiger partial charge in [-0.2, -0.15) is 13.2 Å². The summed E-state index contributed by atoms with van der Waals surface area (Å²) in [5, 5.41) is 9.15. The molecule has 1 aromatic rings. The van der Waals surface area contributed by atoms with Crippen molar-refractivity contribution >= 4 is 12.4 Å². The summed E-state index contributed by atoms with van der Waals surface area (Å²) in [6, 6.07) is -0.896. The zero-order valence-corrected chi connectivity index (χ0v) is 9.73. The van der Waals surface area contributed by atoms with Gasteiger partial charge in [-0.1, -0.05) is 0 Å². The molecule has 0 aliphatic carbocycles. The van der Waals surface area contributed by atoms with Crippen molar-refractivity contribution in [3.05, 3.63) is 23.8 Å². The molecule has 0 heterocycles. The normalized spacial score (nSPS) is 13.6. The lowest BCUT2D eigenvalue weighted by atomic mass is 10.1. The molecule has 3 N–H and O–H groups in total. The van der Waals surface area contributed by atoms with Crippen molar-refractivity contribution in [3.63, 3.8) is 0 Å². The molecule has 0 radical (unpaired) electrons. The summed E-state index contributed by atoms with van der Waals surface area (Å²) in [5.74, 6) is -1.76. The molecule has 0 fully saturated rings. The maximum Gasteiger partial charge on any atom is 0.573 e.